The van der Waals surface area contributed by atoms with Gasteiger partial charge in [-0.25, -0.2) is 0 Å². The van der Waals surface area contributed by atoms with Crippen LogP contribution in [0.1, 0.15) is 95.1 Å². The van der Waals surface area contributed by atoms with E-state index in [1.54, 1.807) is 12.4 Å². The molecule has 6 rings (SSSR count). The number of rotatable bonds is 13. The second kappa shape index (κ2) is 16.6. The summed E-state index contributed by atoms with van der Waals surface area (Å²) in [6.07, 6.45) is 5.27. The first-order chi connectivity index (χ1) is 24.6. The molecule has 4 heteroatoms. The van der Waals surface area contributed by atoms with Gasteiger partial charge in [-0.05, 0) is 47.2 Å². The van der Waals surface area contributed by atoms with E-state index in [1.807, 2.05) is 109 Å². The van der Waals surface area contributed by atoms with Crippen LogP contribution >= 0.6 is 0 Å². The van der Waals surface area contributed by atoms with E-state index in [0.29, 0.717) is 11.1 Å². The Morgan fingerprint density at radius 2 is 0.740 bits per heavy atom. The fourth-order valence-corrected chi connectivity index (χ4v) is 6.89. The molecule has 2 unspecified atom stereocenters. The number of hydrogen-bond donors (Lipinski definition) is 2. The van der Waals surface area contributed by atoms with Crippen molar-refractivity contribution in [2.75, 3.05) is 0 Å². The molecule has 6 aromatic carbocycles. The molecule has 0 saturated carbocycles. The zero-order chi connectivity index (χ0) is 34.7. The van der Waals surface area contributed by atoms with Gasteiger partial charge in [0.25, 0.3) is 0 Å². The van der Waals surface area contributed by atoms with Crippen molar-refractivity contribution in [2.24, 2.45) is 9.98 Å². The molecule has 0 bridgehead atoms. The largest absolute Gasteiger partial charge is 0.507 e. The Hall–Kier alpha value is -5.74. The third kappa shape index (κ3) is 7.76. The summed E-state index contributed by atoms with van der Waals surface area (Å²) >= 11 is 0. The summed E-state index contributed by atoms with van der Waals surface area (Å²) < 4.78 is 0. The van der Waals surface area contributed by atoms with Gasteiger partial charge in [0.2, 0.25) is 0 Å². The smallest absolute Gasteiger partial charge is 0.128 e. The number of phenolic OH excluding ortho intramolecular Hbond substituents is 2. The predicted molar refractivity (Wildman–Crippen MR) is 207 cm³/mol. The van der Waals surface area contributed by atoms with Crippen LogP contribution in [0.15, 0.2) is 168 Å². The summed E-state index contributed by atoms with van der Waals surface area (Å²) in [6, 6.07) is 51.9. The highest BCUT2D eigenvalue weighted by Gasteiger charge is 2.25. The monoisotopic (exact) mass is 656 g/mol. The van der Waals surface area contributed by atoms with E-state index in [0.717, 1.165) is 35.1 Å². The Kier molecular flexibility index (Phi) is 11.3. The predicted octanol–water partition coefficient (Wildman–Crippen LogP) is 11.2. The van der Waals surface area contributed by atoms with E-state index >= 15 is 0 Å². The minimum atomic E-state index is -0.410. The van der Waals surface area contributed by atoms with Gasteiger partial charge in [-0.3, -0.25) is 9.98 Å². The summed E-state index contributed by atoms with van der Waals surface area (Å²) in [5.74, 6) is 0.607. The maximum Gasteiger partial charge on any atom is 0.128 e. The second-order valence-corrected chi connectivity index (χ2v) is 12.6. The van der Waals surface area contributed by atoms with E-state index in [1.165, 1.54) is 11.1 Å². The molecule has 2 N–H and O–H groups in total. The third-order valence-electron chi connectivity index (χ3n) is 9.50. The number of aliphatic imine (C=N–C) groups is 2. The number of aromatic hydroxyl groups is 2. The lowest BCUT2D eigenvalue weighted by atomic mass is 9.87. The molecule has 0 amide bonds. The molecular weight excluding hydrogens is 613 g/mol. The highest BCUT2D eigenvalue weighted by Crippen LogP contribution is 2.39. The van der Waals surface area contributed by atoms with Crippen molar-refractivity contribution in [1.82, 2.24) is 0 Å². The van der Waals surface area contributed by atoms with Gasteiger partial charge in [-0.1, -0.05) is 159 Å². The Morgan fingerprint density at radius 1 is 0.420 bits per heavy atom. The average Bonchev–Trinajstić information content (AvgIpc) is 3.17. The molecule has 0 radical (unpaired) electrons. The molecule has 4 atom stereocenters. The maximum atomic E-state index is 11.6. The van der Waals surface area contributed by atoms with Crippen molar-refractivity contribution in [3.63, 3.8) is 0 Å². The molecule has 250 valence electrons. The van der Waals surface area contributed by atoms with Gasteiger partial charge < -0.3 is 10.2 Å². The van der Waals surface area contributed by atoms with E-state index in [4.69, 9.17) is 9.98 Å². The first kappa shape index (κ1) is 34.1. The van der Waals surface area contributed by atoms with Crippen molar-refractivity contribution < 1.29 is 10.2 Å². The van der Waals surface area contributed by atoms with Crippen LogP contribution in [0.3, 0.4) is 0 Å². The second-order valence-electron chi connectivity index (χ2n) is 12.6. The number of nitrogens with zero attached hydrogens (tertiary/aromatic N) is 2. The Labute approximate surface area is 296 Å². The first-order valence-corrected chi connectivity index (χ1v) is 17.5. The van der Waals surface area contributed by atoms with Gasteiger partial charge in [-0.15, -0.1) is 0 Å². The average molecular weight is 657 g/mol. The third-order valence-corrected chi connectivity index (χ3v) is 9.50. The lowest BCUT2D eigenvalue weighted by Crippen LogP contribution is -2.09. The maximum absolute atomic E-state index is 11.6. The standard InChI is InChI=1S/C46H44N2O2/c1-3-39(33-19-9-5-10-20-33)41-29-17-27-37(45(41)49)31-47-43(35-23-13-7-14-24-35)44(36-25-15-8-16-26-36)48-32-38-28-18-30-42(46(38)50)40(4-2)34-21-11-6-12-22-34/h5-32,39-40,43-44,49-50H,3-4H2,1-2H3/t39?,40?,43-,44-/m0/s1. The number of benzene rings is 6. The van der Waals surface area contributed by atoms with Crippen LogP contribution < -0.4 is 0 Å². The minimum absolute atomic E-state index is 0.0637. The van der Waals surface area contributed by atoms with Gasteiger partial charge in [0.15, 0.2) is 0 Å². The quantitative estimate of drug-likeness (QED) is 0.122. The topological polar surface area (TPSA) is 65.2 Å². The van der Waals surface area contributed by atoms with Crippen molar-refractivity contribution >= 4 is 12.4 Å². The molecule has 0 aliphatic rings. The number of hydrogen-bond acceptors (Lipinski definition) is 4. The molecule has 0 aliphatic heterocycles. The van der Waals surface area contributed by atoms with E-state index in [9.17, 15) is 10.2 Å². The van der Waals surface area contributed by atoms with Crippen LogP contribution in [0.5, 0.6) is 11.5 Å². The van der Waals surface area contributed by atoms with Crippen LogP contribution in [0.2, 0.25) is 0 Å². The van der Waals surface area contributed by atoms with Gasteiger partial charge in [-0.2, -0.15) is 0 Å². The zero-order valence-corrected chi connectivity index (χ0v) is 28.7. The fraction of sp³-hybridized carbons (Fsp3) is 0.174. The fourth-order valence-electron chi connectivity index (χ4n) is 6.89. The molecule has 4 nitrogen and oxygen atoms in total. The van der Waals surface area contributed by atoms with Gasteiger partial charge in [0.1, 0.15) is 23.6 Å². The summed E-state index contributed by atoms with van der Waals surface area (Å²) in [4.78, 5) is 10.3. The Morgan fingerprint density at radius 3 is 1.06 bits per heavy atom. The van der Waals surface area contributed by atoms with Crippen molar-refractivity contribution in [2.45, 2.75) is 50.6 Å². The van der Waals surface area contributed by atoms with Gasteiger partial charge in [0.05, 0.1) is 0 Å². The Balaban J connectivity index is 1.40. The highest BCUT2D eigenvalue weighted by atomic mass is 16.3. The van der Waals surface area contributed by atoms with Crippen LogP contribution in [0.4, 0.5) is 0 Å². The van der Waals surface area contributed by atoms with Crippen LogP contribution in [0, 0.1) is 0 Å². The summed E-state index contributed by atoms with van der Waals surface area (Å²) in [5.41, 5.74) is 7.41. The molecule has 0 saturated heterocycles. The summed E-state index contributed by atoms with van der Waals surface area (Å²) in [6.45, 7) is 4.28. The van der Waals surface area contributed by atoms with E-state index in [-0.39, 0.29) is 23.3 Å². The van der Waals surface area contributed by atoms with E-state index < -0.39 is 12.1 Å². The van der Waals surface area contributed by atoms with Crippen molar-refractivity contribution in [3.8, 4) is 11.5 Å². The molecule has 0 aliphatic carbocycles. The van der Waals surface area contributed by atoms with Crippen LogP contribution in [0.25, 0.3) is 0 Å². The van der Waals surface area contributed by atoms with E-state index in [2.05, 4.69) is 62.4 Å². The van der Waals surface area contributed by atoms with Crippen LogP contribution in [-0.4, -0.2) is 22.6 Å². The molecule has 0 heterocycles. The lowest BCUT2D eigenvalue weighted by molar-refractivity contribution is 0.462. The van der Waals surface area contributed by atoms with Gasteiger partial charge >= 0.3 is 0 Å². The molecule has 0 fully saturated rings. The molecular formula is C46H44N2O2. The minimum Gasteiger partial charge on any atom is -0.507 e. The summed E-state index contributed by atoms with van der Waals surface area (Å²) in [7, 11) is 0. The lowest BCUT2D eigenvalue weighted by Gasteiger charge is -2.23. The summed E-state index contributed by atoms with van der Waals surface area (Å²) in [5, 5.41) is 23.2. The normalized spacial score (nSPS) is 14.0. The molecule has 0 spiro atoms. The Bertz CT molecular complexity index is 1860. The number of phenols is 2. The zero-order valence-electron chi connectivity index (χ0n) is 28.7. The molecule has 0 aromatic heterocycles. The highest BCUT2D eigenvalue weighted by molar-refractivity contribution is 5.85. The van der Waals surface area contributed by atoms with Crippen LogP contribution in [-0.2, 0) is 0 Å². The number of para-hydroxylation sites is 2. The SMILES string of the molecule is CCC(c1ccccc1)c1cccc(C=N[C@@H](c2ccccc2)[C@@H](N=Cc2cccc(C(CC)c3ccccc3)c2O)c2ccccc2)c1O. The van der Waals surface area contributed by atoms with Crippen molar-refractivity contribution in [3.05, 3.63) is 202 Å². The first-order valence-electron chi connectivity index (χ1n) is 17.5. The van der Waals surface area contributed by atoms with Crippen molar-refractivity contribution in [1.29, 1.82) is 0 Å². The molecule has 6 aromatic rings. The van der Waals surface area contributed by atoms with Gasteiger partial charge in [0, 0.05) is 46.5 Å². The molecule has 50 heavy (non-hydrogen) atoms.